The van der Waals surface area contributed by atoms with Gasteiger partial charge in [-0.3, -0.25) is 0 Å². The number of nitrogens with one attached hydrogen (secondary N) is 1. The number of nitrogens with zero attached hydrogens (tertiary/aromatic N) is 4. The third kappa shape index (κ3) is 4.01. The van der Waals surface area contributed by atoms with Gasteiger partial charge >= 0.3 is 6.03 Å². The molecule has 0 aliphatic carbocycles. The summed E-state index contributed by atoms with van der Waals surface area (Å²) in [4.78, 5) is 24.8. The van der Waals surface area contributed by atoms with Crippen LogP contribution in [0, 0.1) is 0 Å². The molecule has 24 heavy (non-hydrogen) atoms. The Bertz CT molecular complexity index is 641. The number of aromatic nitrogens is 2. The Morgan fingerprint density at radius 3 is 2.42 bits per heavy atom. The molecular weight excluding hydrogens is 302 g/mol. The number of piperazine rings is 1. The topological polar surface area (TPSA) is 61.4 Å². The van der Waals surface area contributed by atoms with Crippen LogP contribution in [0.1, 0.15) is 18.4 Å². The van der Waals surface area contributed by atoms with Crippen molar-refractivity contribution in [1.29, 1.82) is 0 Å². The van der Waals surface area contributed by atoms with E-state index in [9.17, 15) is 4.79 Å². The van der Waals surface area contributed by atoms with E-state index in [0.29, 0.717) is 25.6 Å². The fourth-order valence-electron chi connectivity index (χ4n) is 2.82. The van der Waals surface area contributed by atoms with Gasteiger partial charge in [0.2, 0.25) is 5.95 Å². The van der Waals surface area contributed by atoms with E-state index in [1.807, 2.05) is 23.1 Å². The van der Waals surface area contributed by atoms with Gasteiger partial charge in [0.15, 0.2) is 0 Å². The molecule has 1 fully saturated rings. The van der Waals surface area contributed by atoms with Crippen molar-refractivity contribution in [3.8, 4) is 0 Å². The second-order valence-electron chi connectivity index (χ2n) is 6.02. The lowest BCUT2D eigenvalue weighted by atomic mass is 10.0. The summed E-state index contributed by atoms with van der Waals surface area (Å²) in [6, 6.07) is 12.1. The van der Waals surface area contributed by atoms with Crippen LogP contribution >= 0.6 is 0 Å². The number of hydrogen-bond acceptors (Lipinski definition) is 4. The van der Waals surface area contributed by atoms with Crippen molar-refractivity contribution in [3.63, 3.8) is 0 Å². The summed E-state index contributed by atoms with van der Waals surface area (Å²) in [7, 11) is 0. The standard InChI is InChI=1S/C18H23N5O/c1-15(16-6-3-2-4-7-16)14-21-18(24)23-12-10-22(11-13-23)17-19-8-5-9-20-17/h2-9,15H,10-14H2,1H3,(H,21,24). The Balaban J connectivity index is 1.45. The molecule has 1 atom stereocenters. The molecule has 1 saturated heterocycles. The van der Waals surface area contributed by atoms with Gasteiger partial charge in [0.1, 0.15) is 0 Å². The molecule has 1 aliphatic heterocycles. The lowest BCUT2D eigenvalue weighted by Gasteiger charge is -2.34. The third-order valence-corrected chi connectivity index (χ3v) is 4.33. The highest BCUT2D eigenvalue weighted by Crippen LogP contribution is 2.14. The maximum Gasteiger partial charge on any atom is 0.317 e. The van der Waals surface area contributed by atoms with Crippen LogP contribution in [-0.2, 0) is 0 Å². The molecule has 3 rings (SSSR count). The first-order valence-electron chi connectivity index (χ1n) is 8.34. The van der Waals surface area contributed by atoms with Crippen LogP contribution in [0.25, 0.3) is 0 Å². The Labute approximate surface area is 142 Å². The van der Waals surface area contributed by atoms with E-state index >= 15 is 0 Å². The van der Waals surface area contributed by atoms with E-state index in [-0.39, 0.29) is 6.03 Å². The molecule has 1 aliphatic rings. The number of rotatable bonds is 4. The van der Waals surface area contributed by atoms with Crippen molar-refractivity contribution in [1.82, 2.24) is 20.2 Å². The molecule has 2 heterocycles. The molecule has 2 aromatic rings. The molecule has 126 valence electrons. The van der Waals surface area contributed by atoms with Crippen LogP contribution in [0.2, 0.25) is 0 Å². The number of benzene rings is 1. The van der Waals surface area contributed by atoms with Crippen molar-refractivity contribution in [2.75, 3.05) is 37.6 Å². The highest BCUT2D eigenvalue weighted by molar-refractivity contribution is 5.74. The van der Waals surface area contributed by atoms with Gasteiger partial charge in [0.25, 0.3) is 0 Å². The van der Waals surface area contributed by atoms with E-state index in [1.165, 1.54) is 5.56 Å². The molecule has 1 unspecified atom stereocenters. The van der Waals surface area contributed by atoms with Crippen LogP contribution < -0.4 is 10.2 Å². The summed E-state index contributed by atoms with van der Waals surface area (Å²) in [5, 5.41) is 3.04. The largest absolute Gasteiger partial charge is 0.337 e. The number of carbonyl (C=O) groups excluding carboxylic acids is 1. The monoisotopic (exact) mass is 325 g/mol. The summed E-state index contributed by atoms with van der Waals surface area (Å²) in [6.45, 7) is 5.65. The van der Waals surface area contributed by atoms with Crippen LogP contribution in [0.15, 0.2) is 48.8 Å². The number of hydrogen-bond donors (Lipinski definition) is 1. The average molecular weight is 325 g/mol. The molecule has 1 N–H and O–H groups in total. The van der Waals surface area contributed by atoms with Gasteiger partial charge in [-0.15, -0.1) is 0 Å². The van der Waals surface area contributed by atoms with Gasteiger partial charge in [-0.25, -0.2) is 14.8 Å². The number of carbonyl (C=O) groups is 1. The second-order valence-corrected chi connectivity index (χ2v) is 6.02. The summed E-state index contributed by atoms with van der Waals surface area (Å²) >= 11 is 0. The molecule has 0 bridgehead atoms. The first-order chi connectivity index (χ1) is 11.7. The van der Waals surface area contributed by atoms with Crippen LogP contribution in [0.5, 0.6) is 0 Å². The van der Waals surface area contributed by atoms with Gasteiger partial charge in [-0.05, 0) is 17.5 Å². The summed E-state index contributed by atoms with van der Waals surface area (Å²) in [6.07, 6.45) is 3.48. The van der Waals surface area contributed by atoms with Gasteiger partial charge in [-0.2, -0.15) is 0 Å². The van der Waals surface area contributed by atoms with Gasteiger partial charge in [-0.1, -0.05) is 37.3 Å². The molecule has 0 spiro atoms. The lowest BCUT2D eigenvalue weighted by Crippen LogP contribution is -2.52. The molecule has 1 aromatic heterocycles. The Kier molecular flexibility index (Phi) is 5.25. The average Bonchev–Trinajstić information content (AvgIpc) is 2.67. The predicted octanol–water partition coefficient (Wildman–Crippen LogP) is 2.11. The van der Waals surface area contributed by atoms with Gasteiger partial charge in [0, 0.05) is 45.1 Å². The van der Waals surface area contributed by atoms with E-state index in [1.54, 1.807) is 18.5 Å². The fraction of sp³-hybridized carbons (Fsp3) is 0.389. The zero-order valence-corrected chi connectivity index (χ0v) is 13.9. The van der Waals surface area contributed by atoms with E-state index in [0.717, 1.165) is 19.0 Å². The summed E-state index contributed by atoms with van der Waals surface area (Å²) in [5.41, 5.74) is 1.24. The maximum absolute atomic E-state index is 12.3. The first kappa shape index (κ1) is 16.2. The maximum atomic E-state index is 12.3. The normalized spacial score (nSPS) is 15.9. The van der Waals surface area contributed by atoms with Crippen LogP contribution in [0.4, 0.5) is 10.7 Å². The Hall–Kier alpha value is -2.63. The van der Waals surface area contributed by atoms with Crippen molar-refractivity contribution >= 4 is 12.0 Å². The first-order valence-corrected chi connectivity index (χ1v) is 8.34. The van der Waals surface area contributed by atoms with Crippen molar-refractivity contribution in [2.24, 2.45) is 0 Å². The fourth-order valence-corrected chi connectivity index (χ4v) is 2.82. The smallest absolute Gasteiger partial charge is 0.317 e. The zero-order valence-electron chi connectivity index (χ0n) is 13.9. The van der Waals surface area contributed by atoms with Crippen LogP contribution in [-0.4, -0.2) is 53.6 Å². The van der Waals surface area contributed by atoms with E-state index in [4.69, 9.17) is 0 Å². The predicted molar refractivity (Wildman–Crippen MR) is 94.1 cm³/mol. The number of urea groups is 1. The van der Waals surface area contributed by atoms with Gasteiger partial charge < -0.3 is 15.1 Å². The minimum atomic E-state index is 0.00594. The Morgan fingerprint density at radius 1 is 1.08 bits per heavy atom. The van der Waals surface area contributed by atoms with Gasteiger partial charge in [0.05, 0.1) is 0 Å². The van der Waals surface area contributed by atoms with E-state index in [2.05, 4.69) is 39.2 Å². The molecular formula is C18H23N5O. The number of anilines is 1. The molecule has 6 heteroatoms. The van der Waals surface area contributed by atoms with E-state index < -0.39 is 0 Å². The Morgan fingerprint density at radius 2 is 1.75 bits per heavy atom. The molecule has 0 saturated carbocycles. The summed E-state index contributed by atoms with van der Waals surface area (Å²) in [5.74, 6) is 1.03. The molecule has 1 aromatic carbocycles. The van der Waals surface area contributed by atoms with Crippen LogP contribution in [0.3, 0.4) is 0 Å². The van der Waals surface area contributed by atoms with Crippen molar-refractivity contribution in [3.05, 3.63) is 54.4 Å². The minimum absolute atomic E-state index is 0.00594. The SMILES string of the molecule is CC(CNC(=O)N1CCN(c2ncccn2)CC1)c1ccccc1. The molecule has 0 radical (unpaired) electrons. The zero-order chi connectivity index (χ0) is 16.8. The minimum Gasteiger partial charge on any atom is -0.337 e. The molecule has 6 nitrogen and oxygen atoms in total. The van der Waals surface area contributed by atoms with Crippen molar-refractivity contribution < 1.29 is 4.79 Å². The quantitative estimate of drug-likeness (QED) is 0.935. The second kappa shape index (κ2) is 7.77. The highest BCUT2D eigenvalue weighted by atomic mass is 16.2. The molecule has 2 amide bonds. The summed E-state index contributed by atoms with van der Waals surface area (Å²) < 4.78 is 0. The highest BCUT2D eigenvalue weighted by Gasteiger charge is 2.22. The van der Waals surface area contributed by atoms with Crippen molar-refractivity contribution in [2.45, 2.75) is 12.8 Å². The number of amides is 2. The lowest BCUT2D eigenvalue weighted by molar-refractivity contribution is 0.193. The third-order valence-electron chi connectivity index (χ3n) is 4.33.